The summed E-state index contributed by atoms with van der Waals surface area (Å²) in [5.41, 5.74) is 7.91. The number of carboxylic acid groups (broad SMARTS) is 1. The Bertz CT molecular complexity index is 1300. The summed E-state index contributed by atoms with van der Waals surface area (Å²) < 4.78 is 5.18. The standard InChI is InChI=1S/C12H11N3O3S.C9H10N2O2.ClH/c16-9-7-6-5-1-3-15(4-2-5)11(6)19-10(7)14-8(13-9)12(17)18;10-4-6-1-2-8-7(3-6)11-9(12)5-13-8;/h5H,1-4H2,(H,17,18)(H,13,14,16);1-3H,4-5,10H2,(H,11,12);1H. The molecule has 1 amide bonds. The zero-order chi connectivity index (χ0) is 22.4. The van der Waals surface area contributed by atoms with Gasteiger partial charge in [-0.25, -0.2) is 9.78 Å². The Balaban J connectivity index is 0.000000164. The quantitative estimate of drug-likeness (QED) is 0.426. The fourth-order valence-electron chi connectivity index (χ4n) is 4.36. The van der Waals surface area contributed by atoms with Gasteiger partial charge in [0.05, 0.1) is 16.1 Å². The van der Waals surface area contributed by atoms with Crippen molar-refractivity contribution in [3.63, 3.8) is 0 Å². The van der Waals surface area contributed by atoms with Crippen LogP contribution < -0.4 is 26.2 Å². The third-order valence-electron chi connectivity index (χ3n) is 5.88. The summed E-state index contributed by atoms with van der Waals surface area (Å²) >= 11 is 1.44. The van der Waals surface area contributed by atoms with Gasteiger partial charge in [-0.05, 0) is 36.5 Å². The summed E-state index contributed by atoms with van der Waals surface area (Å²) in [4.78, 5) is 43.3. The molecule has 0 unspecified atom stereocenters. The van der Waals surface area contributed by atoms with E-state index in [0.717, 1.165) is 42.1 Å². The average molecular weight is 492 g/mol. The Morgan fingerprint density at radius 2 is 2.06 bits per heavy atom. The van der Waals surface area contributed by atoms with Crippen LogP contribution in [0.15, 0.2) is 23.0 Å². The number of fused-ring (bicyclic) bond motifs is 4. The molecule has 1 aromatic carbocycles. The van der Waals surface area contributed by atoms with Gasteiger partial charge in [0.2, 0.25) is 5.82 Å². The lowest BCUT2D eigenvalue weighted by Crippen LogP contribution is -2.38. The monoisotopic (exact) mass is 491 g/mol. The van der Waals surface area contributed by atoms with Crippen LogP contribution in [0, 0.1) is 0 Å². The lowest BCUT2D eigenvalue weighted by atomic mass is 9.85. The molecule has 10 nitrogen and oxygen atoms in total. The first-order valence-electron chi connectivity index (χ1n) is 10.2. The number of piperidine rings is 1. The van der Waals surface area contributed by atoms with Crippen LogP contribution in [-0.2, 0) is 11.3 Å². The maximum atomic E-state index is 12.1. The van der Waals surface area contributed by atoms with Crippen LogP contribution in [0.4, 0.5) is 10.7 Å². The number of aromatic carboxylic acids is 1. The van der Waals surface area contributed by atoms with Crippen molar-refractivity contribution >= 4 is 56.5 Å². The number of anilines is 2. The van der Waals surface area contributed by atoms with E-state index in [0.29, 0.717) is 34.1 Å². The number of aromatic nitrogens is 2. The smallest absolute Gasteiger partial charge is 0.372 e. The van der Waals surface area contributed by atoms with Gasteiger partial charge in [0.25, 0.3) is 11.5 Å². The van der Waals surface area contributed by atoms with E-state index in [1.807, 2.05) is 18.2 Å². The minimum Gasteiger partial charge on any atom is -0.482 e. The summed E-state index contributed by atoms with van der Waals surface area (Å²) in [6, 6.07) is 5.53. The Hall–Kier alpha value is -3.15. The first kappa shape index (κ1) is 23.0. The number of amides is 1. The largest absolute Gasteiger partial charge is 0.482 e. The molecule has 0 atom stereocenters. The predicted molar refractivity (Wildman–Crippen MR) is 127 cm³/mol. The Morgan fingerprint density at radius 1 is 1.30 bits per heavy atom. The molecule has 5 N–H and O–H groups in total. The molecule has 1 fully saturated rings. The second kappa shape index (κ2) is 9.00. The van der Waals surface area contributed by atoms with E-state index in [9.17, 15) is 14.4 Å². The van der Waals surface area contributed by atoms with Gasteiger partial charge in [-0.1, -0.05) is 17.4 Å². The molecule has 4 aliphatic rings. The van der Waals surface area contributed by atoms with Crippen molar-refractivity contribution in [3.05, 3.63) is 45.5 Å². The van der Waals surface area contributed by atoms with Crippen LogP contribution >= 0.6 is 23.7 Å². The number of ether oxygens (including phenoxy) is 1. The molecule has 12 heteroatoms. The van der Waals surface area contributed by atoms with Gasteiger partial charge < -0.3 is 30.8 Å². The van der Waals surface area contributed by atoms with Crippen LogP contribution in [0.1, 0.15) is 40.5 Å². The second-order valence-corrected chi connectivity index (χ2v) is 8.83. The Labute approximate surface area is 198 Å². The number of H-pyrrole nitrogens is 1. The highest BCUT2D eigenvalue weighted by molar-refractivity contribution is 7.22. The van der Waals surface area contributed by atoms with Crippen molar-refractivity contribution in [1.82, 2.24) is 9.97 Å². The normalized spacial score (nSPS) is 16.0. The Morgan fingerprint density at radius 3 is 2.76 bits per heavy atom. The van der Waals surface area contributed by atoms with Gasteiger partial charge in [-0.2, -0.15) is 0 Å². The number of nitrogens with two attached hydrogens (primary N) is 1. The Kier molecular flexibility index (Phi) is 6.28. The first-order valence-corrected chi connectivity index (χ1v) is 11.1. The fourth-order valence-corrected chi connectivity index (χ4v) is 5.68. The number of nitrogens with zero attached hydrogens (tertiary/aromatic N) is 2. The molecule has 2 bridgehead atoms. The molecular weight excluding hydrogens is 470 g/mol. The molecule has 0 spiro atoms. The zero-order valence-electron chi connectivity index (χ0n) is 17.4. The second-order valence-electron chi connectivity index (χ2n) is 7.85. The molecule has 0 saturated carbocycles. The highest BCUT2D eigenvalue weighted by Crippen LogP contribution is 2.49. The molecule has 2 aromatic heterocycles. The number of aromatic amines is 1. The number of carbonyl (C=O) groups is 2. The minimum atomic E-state index is -1.20. The minimum absolute atomic E-state index is 0. The van der Waals surface area contributed by atoms with E-state index in [2.05, 4.69) is 20.2 Å². The first-order chi connectivity index (χ1) is 15.4. The topological polar surface area (TPSA) is 151 Å². The predicted octanol–water partition coefficient (Wildman–Crippen LogP) is 2.28. The molecule has 0 radical (unpaired) electrons. The number of thiophene rings is 1. The number of carbonyl (C=O) groups excluding carboxylic acids is 1. The van der Waals surface area contributed by atoms with Gasteiger partial charge in [0.15, 0.2) is 6.61 Å². The van der Waals surface area contributed by atoms with Gasteiger partial charge in [0.1, 0.15) is 10.6 Å². The SMILES string of the molecule is Cl.NCc1ccc2c(c1)NC(=O)CO2.O=C(O)c1nc2sc3c(c2c(=O)[nH]1)C1CCN3CC1. The van der Waals surface area contributed by atoms with Gasteiger partial charge in [0, 0.05) is 25.2 Å². The van der Waals surface area contributed by atoms with Gasteiger partial charge in [-0.15, -0.1) is 12.4 Å². The summed E-state index contributed by atoms with van der Waals surface area (Å²) in [6.45, 7) is 2.60. The summed E-state index contributed by atoms with van der Waals surface area (Å²) in [7, 11) is 0. The van der Waals surface area contributed by atoms with Crippen molar-refractivity contribution in [2.45, 2.75) is 25.3 Å². The molecule has 1 saturated heterocycles. The van der Waals surface area contributed by atoms with Crippen LogP contribution in [-0.4, -0.2) is 46.6 Å². The molecule has 3 aromatic rings. The van der Waals surface area contributed by atoms with Gasteiger partial charge >= 0.3 is 5.97 Å². The molecule has 174 valence electrons. The van der Waals surface area contributed by atoms with E-state index in [4.69, 9.17) is 15.6 Å². The lowest BCUT2D eigenvalue weighted by molar-refractivity contribution is -0.118. The van der Waals surface area contributed by atoms with E-state index >= 15 is 0 Å². The zero-order valence-corrected chi connectivity index (χ0v) is 19.1. The van der Waals surface area contributed by atoms with Crippen molar-refractivity contribution in [1.29, 1.82) is 0 Å². The van der Waals surface area contributed by atoms with Crippen LogP contribution in [0.5, 0.6) is 5.75 Å². The van der Waals surface area contributed by atoms with E-state index in [1.165, 1.54) is 11.3 Å². The van der Waals surface area contributed by atoms with E-state index < -0.39 is 5.97 Å². The number of halogens is 1. The number of hydrogen-bond acceptors (Lipinski definition) is 8. The molecule has 33 heavy (non-hydrogen) atoms. The molecule has 7 rings (SSSR count). The molecule has 0 aliphatic carbocycles. The molecule has 4 aliphatic heterocycles. The summed E-state index contributed by atoms with van der Waals surface area (Å²) in [6.07, 6.45) is 2.14. The number of nitrogens with one attached hydrogen (secondary N) is 2. The highest BCUT2D eigenvalue weighted by Gasteiger charge is 2.35. The summed E-state index contributed by atoms with van der Waals surface area (Å²) in [5.74, 6) is -0.474. The number of benzene rings is 1. The van der Waals surface area contributed by atoms with E-state index in [1.54, 1.807) is 0 Å². The molecule has 6 heterocycles. The third-order valence-corrected chi connectivity index (χ3v) is 7.05. The van der Waals surface area contributed by atoms with Crippen molar-refractivity contribution in [2.75, 3.05) is 29.9 Å². The van der Waals surface area contributed by atoms with Crippen molar-refractivity contribution in [3.8, 4) is 5.75 Å². The highest BCUT2D eigenvalue weighted by atomic mass is 35.5. The van der Waals surface area contributed by atoms with Crippen molar-refractivity contribution < 1.29 is 19.4 Å². The van der Waals surface area contributed by atoms with Crippen molar-refractivity contribution in [2.24, 2.45) is 5.73 Å². The maximum absolute atomic E-state index is 12.1. The molecular formula is C21H22ClN5O5S. The number of carboxylic acids is 1. The van der Waals surface area contributed by atoms with Crippen LogP contribution in [0.3, 0.4) is 0 Å². The maximum Gasteiger partial charge on any atom is 0.372 e. The lowest BCUT2D eigenvalue weighted by Gasteiger charge is -2.39. The summed E-state index contributed by atoms with van der Waals surface area (Å²) in [5, 5.41) is 13.4. The third kappa shape index (κ3) is 4.14. The van der Waals surface area contributed by atoms with E-state index in [-0.39, 0.29) is 36.3 Å². The fraction of sp³-hybridized carbons (Fsp3) is 0.333. The van der Waals surface area contributed by atoms with Gasteiger partial charge in [-0.3, -0.25) is 9.59 Å². The average Bonchev–Trinajstić information content (AvgIpc) is 3.22. The van der Waals surface area contributed by atoms with Crippen LogP contribution in [0.2, 0.25) is 0 Å². The van der Waals surface area contributed by atoms with Crippen LogP contribution in [0.25, 0.3) is 10.2 Å². The number of hydrogen-bond donors (Lipinski definition) is 4. The number of rotatable bonds is 2.